The van der Waals surface area contributed by atoms with E-state index in [4.69, 9.17) is 5.11 Å². The molecular weight excluding hydrogens is 238 g/mol. The highest BCUT2D eigenvalue weighted by Gasteiger charge is 2.06. The van der Waals surface area contributed by atoms with Crippen LogP contribution >= 0.6 is 0 Å². The largest absolute Gasteiger partial charge is 0.478 e. The highest BCUT2D eigenvalue weighted by Crippen LogP contribution is 2.15. The van der Waals surface area contributed by atoms with Crippen LogP contribution in [0, 0.1) is 0 Å². The zero-order valence-corrected chi connectivity index (χ0v) is 10.6. The number of aromatic carboxylic acids is 1. The first kappa shape index (κ1) is 12.9. The average molecular weight is 253 g/mol. The molecule has 0 aliphatic heterocycles. The highest BCUT2D eigenvalue weighted by molar-refractivity contribution is 5.92. The first-order valence-corrected chi connectivity index (χ1v) is 5.99. The predicted molar refractivity (Wildman–Crippen MR) is 77.1 cm³/mol. The standard InChI is InChI=1S/C16H15NO2/c1-12(17-14-8-3-2-4-9-14)11-13-7-5-6-10-15(13)16(18)19/h2-11,17H,1H3,(H,18,19)/b12-11-. The summed E-state index contributed by atoms with van der Waals surface area (Å²) in [5, 5.41) is 12.3. The van der Waals surface area contributed by atoms with E-state index in [0.717, 1.165) is 11.4 Å². The fourth-order valence-corrected chi connectivity index (χ4v) is 1.84. The van der Waals surface area contributed by atoms with E-state index in [2.05, 4.69) is 5.32 Å². The van der Waals surface area contributed by atoms with Gasteiger partial charge in [0.1, 0.15) is 0 Å². The van der Waals surface area contributed by atoms with Gasteiger partial charge in [0.05, 0.1) is 5.56 Å². The van der Waals surface area contributed by atoms with E-state index in [1.54, 1.807) is 18.2 Å². The monoisotopic (exact) mass is 253 g/mol. The molecule has 0 aromatic heterocycles. The summed E-state index contributed by atoms with van der Waals surface area (Å²) in [6.07, 6.45) is 1.83. The van der Waals surface area contributed by atoms with Crippen molar-refractivity contribution in [2.45, 2.75) is 6.92 Å². The minimum atomic E-state index is -0.917. The quantitative estimate of drug-likeness (QED) is 0.869. The first-order chi connectivity index (χ1) is 9.16. The smallest absolute Gasteiger partial charge is 0.336 e. The summed E-state index contributed by atoms with van der Waals surface area (Å²) in [4.78, 5) is 11.1. The second-order valence-electron chi connectivity index (χ2n) is 4.21. The molecule has 3 heteroatoms. The van der Waals surface area contributed by atoms with Gasteiger partial charge in [-0.05, 0) is 36.8 Å². The van der Waals surface area contributed by atoms with Crippen molar-refractivity contribution in [3.05, 3.63) is 71.4 Å². The van der Waals surface area contributed by atoms with Crippen LogP contribution in [0.5, 0.6) is 0 Å². The van der Waals surface area contributed by atoms with E-state index in [9.17, 15) is 4.79 Å². The number of carboxylic acid groups (broad SMARTS) is 1. The molecule has 0 aliphatic carbocycles. The van der Waals surface area contributed by atoms with Crippen molar-refractivity contribution in [2.75, 3.05) is 5.32 Å². The zero-order chi connectivity index (χ0) is 13.7. The first-order valence-electron chi connectivity index (χ1n) is 5.99. The van der Waals surface area contributed by atoms with Crippen molar-refractivity contribution >= 4 is 17.7 Å². The van der Waals surface area contributed by atoms with E-state index in [-0.39, 0.29) is 0 Å². The molecule has 0 spiro atoms. The number of hydrogen-bond acceptors (Lipinski definition) is 2. The highest BCUT2D eigenvalue weighted by atomic mass is 16.4. The average Bonchev–Trinajstić information content (AvgIpc) is 2.40. The van der Waals surface area contributed by atoms with Crippen LogP contribution in [0.2, 0.25) is 0 Å². The van der Waals surface area contributed by atoms with Gasteiger partial charge in [0.2, 0.25) is 0 Å². The minimum absolute atomic E-state index is 0.303. The summed E-state index contributed by atoms with van der Waals surface area (Å²) < 4.78 is 0. The maximum Gasteiger partial charge on any atom is 0.336 e. The molecule has 2 rings (SSSR count). The third kappa shape index (κ3) is 3.45. The molecule has 0 fully saturated rings. The Balaban J connectivity index is 2.24. The number of carboxylic acids is 1. The van der Waals surface area contributed by atoms with Gasteiger partial charge in [-0.1, -0.05) is 36.4 Å². The van der Waals surface area contributed by atoms with Crippen LogP contribution in [-0.4, -0.2) is 11.1 Å². The molecule has 0 atom stereocenters. The van der Waals surface area contributed by atoms with E-state index in [1.165, 1.54) is 0 Å². The molecule has 2 aromatic carbocycles. The van der Waals surface area contributed by atoms with Gasteiger partial charge in [-0.25, -0.2) is 4.79 Å². The Bertz CT molecular complexity index is 603. The number of nitrogens with one attached hydrogen (secondary N) is 1. The topological polar surface area (TPSA) is 49.3 Å². The SMILES string of the molecule is C/C(=C/c1ccccc1C(=O)O)Nc1ccccc1. The van der Waals surface area contributed by atoms with Gasteiger partial charge in [-0.15, -0.1) is 0 Å². The van der Waals surface area contributed by atoms with Crippen LogP contribution in [0.25, 0.3) is 6.08 Å². The summed E-state index contributed by atoms with van der Waals surface area (Å²) >= 11 is 0. The maximum atomic E-state index is 11.1. The van der Waals surface area contributed by atoms with Crippen LogP contribution < -0.4 is 5.32 Å². The van der Waals surface area contributed by atoms with E-state index >= 15 is 0 Å². The minimum Gasteiger partial charge on any atom is -0.478 e. The van der Waals surface area contributed by atoms with Crippen molar-refractivity contribution < 1.29 is 9.90 Å². The summed E-state index contributed by atoms with van der Waals surface area (Å²) in [5.74, 6) is -0.917. The van der Waals surface area contributed by atoms with Crippen molar-refractivity contribution in [2.24, 2.45) is 0 Å². The molecule has 0 radical (unpaired) electrons. The van der Waals surface area contributed by atoms with Crippen LogP contribution in [-0.2, 0) is 0 Å². The fraction of sp³-hybridized carbons (Fsp3) is 0.0625. The van der Waals surface area contributed by atoms with E-state index in [1.807, 2.05) is 49.4 Å². The Kier molecular flexibility index (Phi) is 3.98. The lowest BCUT2D eigenvalue weighted by Gasteiger charge is -2.07. The molecule has 0 amide bonds. The summed E-state index contributed by atoms with van der Waals surface area (Å²) in [6, 6.07) is 16.7. The molecule has 3 nitrogen and oxygen atoms in total. The Morgan fingerprint density at radius 3 is 2.37 bits per heavy atom. The molecule has 0 saturated heterocycles. The van der Waals surface area contributed by atoms with Gasteiger partial charge in [0.15, 0.2) is 0 Å². The van der Waals surface area contributed by atoms with Gasteiger partial charge >= 0.3 is 5.97 Å². The third-order valence-electron chi connectivity index (χ3n) is 2.68. The molecule has 96 valence electrons. The van der Waals surface area contributed by atoms with E-state index < -0.39 is 5.97 Å². The summed E-state index contributed by atoms with van der Waals surface area (Å²) in [5.41, 5.74) is 2.86. The molecular formula is C16H15NO2. The number of benzene rings is 2. The molecule has 0 saturated carbocycles. The molecule has 0 heterocycles. The van der Waals surface area contributed by atoms with Crippen LogP contribution in [0.3, 0.4) is 0 Å². The number of rotatable bonds is 4. The number of carbonyl (C=O) groups is 1. The predicted octanol–water partition coefficient (Wildman–Crippen LogP) is 3.86. The summed E-state index contributed by atoms with van der Waals surface area (Å²) in [7, 11) is 0. The van der Waals surface area contributed by atoms with Crippen LogP contribution in [0.1, 0.15) is 22.8 Å². The van der Waals surface area contributed by atoms with Crippen LogP contribution in [0.15, 0.2) is 60.3 Å². The zero-order valence-electron chi connectivity index (χ0n) is 10.6. The Hall–Kier alpha value is -2.55. The summed E-state index contributed by atoms with van der Waals surface area (Å²) in [6.45, 7) is 1.91. The fourth-order valence-electron chi connectivity index (χ4n) is 1.84. The van der Waals surface area contributed by atoms with Crippen LogP contribution in [0.4, 0.5) is 5.69 Å². The number of allylic oxidation sites excluding steroid dienone is 1. The Morgan fingerprint density at radius 1 is 1.05 bits per heavy atom. The second kappa shape index (κ2) is 5.87. The molecule has 0 aliphatic rings. The van der Waals surface area contributed by atoms with E-state index in [0.29, 0.717) is 11.1 Å². The van der Waals surface area contributed by atoms with Gasteiger partial charge in [-0.2, -0.15) is 0 Å². The third-order valence-corrected chi connectivity index (χ3v) is 2.68. The normalized spacial score (nSPS) is 11.1. The lowest BCUT2D eigenvalue weighted by atomic mass is 10.1. The maximum absolute atomic E-state index is 11.1. The van der Waals surface area contributed by atoms with Gasteiger partial charge < -0.3 is 10.4 Å². The van der Waals surface area contributed by atoms with Gasteiger partial charge in [0.25, 0.3) is 0 Å². The Labute approximate surface area is 112 Å². The molecule has 19 heavy (non-hydrogen) atoms. The number of anilines is 1. The molecule has 0 unspecified atom stereocenters. The molecule has 2 N–H and O–H groups in total. The molecule has 2 aromatic rings. The van der Waals surface area contributed by atoms with Crippen molar-refractivity contribution in [1.29, 1.82) is 0 Å². The van der Waals surface area contributed by atoms with Crippen molar-refractivity contribution in [3.63, 3.8) is 0 Å². The van der Waals surface area contributed by atoms with Gasteiger partial charge in [0, 0.05) is 11.4 Å². The number of para-hydroxylation sites is 1. The van der Waals surface area contributed by atoms with Gasteiger partial charge in [-0.3, -0.25) is 0 Å². The second-order valence-corrected chi connectivity index (χ2v) is 4.21. The van der Waals surface area contributed by atoms with Crippen molar-refractivity contribution in [1.82, 2.24) is 0 Å². The lowest BCUT2D eigenvalue weighted by molar-refractivity contribution is 0.0696. The number of hydrogen-bond donors (Lipinski definition) is 2. The van der Waals surface area contributed by atoms with Crippen molar-refractivity contribution in [3.8, 4) is 0 Å². The molecule has 0 bridgehead atoms. The Morgan fingerprint density at radius 2 is 1.68 bits per heavy atom. The lowest BCUT2D eigenvalue weighted by Crippen LogP contribution is -2.00.